The third kappa shape index (κ3) is 4.17. The lowest BCUT2D eigenvalue weighted by Crippen LogP contribution is -2.41. The molecule has 0 spiro atoms. The first-order valence-electron chi connectivity index (χ1n) is 8.39. The van der Waals surface area contributed by atoms with Crippen molar-refractivity contribution in [3.8, 4) is 0 Å². The van der Waals surface area contributed by atoms with Crippen molar-refractivity contribution in [2.75, 3.05) is 18.0 Å². The standard InChI is InChI=1S/C18H28BN3O3/c1-11-7-13(9-15(20)16(11)21)8-14(10-22-12(2)23)19-24-17(3,4)18(5,6)25-19/h7-9H,10,20-21H2,1-6H3,(H,22,23). The second-order valence-corrected chi connectivity index (χ2v) is 7.56. The van der Waals surface area contributed by atoms with E-state index in [0.29, 0.717) is 17.9 Å². The number of carbonyl (C=O) groups excluding carboxylic acids is 1. The topological polar surface area (TPSA) is 99.6 Å². The number of amides is 1. The number of benzene rings is 1. The molecule has 25 heavy (non-hydrogen) atoms. The molecule has 7 heteroatoms. The fourth-order valence-electron chi connectivity index (χ4n) is 2.58. The molecule has 1 aromatic carbocycles. The van der Waals surface area contributed by atoms with Gasteiger partial charge in [0.15, 0.2) is 0 Å². The smallest absolute Gasteiger partial charge is 0.400 e. The van der Waals surface area contributed by atoms with Gasteiger partial charge in [-0.2, -0.15) is 0 Å². The Morgan fingerprint density at radius 3 is 2.24 bits per heavy atom. The van der Waals surface area contributed by atoms with Crippen LogP contribution in [-0.4, -0.2) is 30.8 Å². The summed E-state index contributed by atoms with van der Waals surface area (Å²) in [6.07, 6.45) is 1.93. The van der Waals surface area contributed by atoms with E-state index in [0.717, 1.165) is 16.6 Å². The first-order valence-corrected chi connectivity index (χ1v) is 8.39. The van der Waals surface area contributed by atoms with Crippen LogP contribution in [0.5, 0.6) is 0 Å². The van der Waals surface area contributed by atoms with Gasteiger partial charge in [0.2, 0.25) is 5.91 Å². The molecule has 0 unspecified atom stereocenters. The Labute approximate surface area is 150 Å². The zero-order valence-electron chi connectivity index (χ0n) is 15.9. The molecular weight excluding hydrogens is 317 g/mol. The van der Waals surface area contributed by atoms with E-state index in [2.05, 4.69) is 5.32 Å². The third-order valence-electron chi connectivity index (χ3n) is 4.89. The van der Waals surface area contributed by atoms with Gasteiger partial charge in [0.05, 0.1) is 22.6 Å². The second-order valence-electron chi connectivity index (χ2n) is 7.56. The summed E-state index contributed by atoms with van der Waals surface area (Å²) in [5.74, 6) is -0.115. The van der Waals surface area contributed by atoms with Crippen LogP contribution in [0.1, 0.15) is 45.7 Å². The van der Waals surface area contributed by atoms with Crippen LogP contribution >= 0.6 is 0 Å². The Hall–Kier alpha value is -1.99. The zero-order chi connectivity index (χ0) is 19.0. The molecule has 0 radical (unpaired) electrons. The maximum atomic E-state index is 11.4. The van der Waals surface area contributed by atoms with Crippen LogP contribution in [0.2, 0.25) is 0 Å². The Kier molecular flexibility index (Phi) is 5.20. The van der Waals surface area contributed by atoms with Crippen LogP contribution in [0, 0.1) is 6.92 Å². The summed E-state index contributed by atoms with van der Waals surface area (Å²) in [4.78, 5) is 11.4. The molecular formula is C18H28BN3O3. The quantitative estimate of drug-likeness (QED) is 0.574. The van der Waals surface area contributed by atoms with E-state index < -0.39 is 18.3 Å². The van der Waals surface area contributed by atoms with Crippen LogP contribution in [0.15, 0.2) is 17.6 Å². The van der Waals surface area contributed by atoms with Crippen molar-refractivity contribution in [1.29, 1.82) is 0 Å². The van der Waals surface area contributed by atoms with Gasteiger partial charge in [-0.05, 0) is 63.4 Å². The number of hydrogen-bond acceptors (Lipinski definition) is 5. The maximum Gasteiger partial charge on any atom is 0.492 e. The number of carbonyl (C=O) groups is 1. The predicted octanol–water partition coefficient (Wildman–Crippen LogP) is 2.31. The lowest BCUT2D eigenvalue weighted by atomic mass is 9.76. The number of rotatable bonds is 4. The van der Waals surface area contributed by atoms with Gasteiger partial charge in [-0.3, -0.25) is 4.79 Å². The van der Waals surface area contributed by atoms with E-state index in [-0.39, 0.29) is 5.91 Å². The van der Waals surface area contributed by atoms with E-state index in [1.807, 2.05) is 46.8 Å². The van der Waals surface area contributed by atoms with Crippen LogP contribution in [0.3, 0.4) is 0 Å². The molecule has 0 aromatic heterocycles. The van der Waals surface area contributed by atoms with Gasteiger partial charge in [-0.1, -0.05) is 6.08 Å². The second kappa shape index (κ2) is 6.73. The van der Waals surface area contributed by atoms with E-state index in [9.17, 15) is 4.79 Å². The lowest BCUT2D eigenvalue weighted by Gasteiger charge is -2.32. The van der Waals surface area contributed by atoms with Gasteiger partial charge in [0.1, 0.15) is 0 Å². The molecule has 1 heterocycles. The fourth-order valence-corrected chi connectivity index (χ4v) is 2.58. The highest BCUT2D eigenvalue weighted by Crippen LogP contribution is 2.39. The largest absolute Gasteiger partial charge is 0.492 e. The molecule has 0 aliphatic carbocycles. The van der Waals surface area contributed by atoms with E-state index in [4.69, 9.17) is 20.8 Å². The SMILES string of the molecule is CC(=O)NCC(=Cc1cc(C)c(N)c(N)c1)B1OC(C)(C)C(C)(C)O1. The molecule has 1 aromatic rings. The fraction of sp³-hybridized carbons (Fsp3) is 0.500. The number of nitrogen functional groups attached to an aromatic ring is 2. The minimum Gasteiger partial charge on any atom is -0.400 e. The average molecular weight is 345 g/mol. The van der Waals surface area contributed by atoms with Gasteiger partial charge < -0.3 is 26.1 Å². The lowest BCUT2D eigenvalue weighted by molar-refractivity contribution is -0.118. The highest BCUT2D eigenvalue weighted by molar-refractivity contribution is 6.56. The van der Waals surface area contributed by atoms with Crippen molar-refractivity contribution in [3.05, 3.63) is 28.7 Å². The Morgan fingerprint density at radius 2 is 1.76 bits per heavy atom. The van der Waals surface area contributed by atoms with Crippen molar-refractivity contribution in [2.24, 2.45) is 0 Å². The highest BCUT2D eigenvalue weighted by atomic mass is 16.7. The molecule has 136 valence electrons. The number of hydrogen-bond donors (Lipinski definition) is 3. The van der Waals surface area contributed by atoms with Crippen LogP contribution in [0.4, 0.5) is 11.4 Å². The summed E-state index contributed by atoms with van der Waals surface area (Å²) in [6, 6.07) is 3.76. The molecule has 2 rings (SSSR count). The summed E-state index contributed by atoms with van der Waals surface area (Å²) in [6.45, 7) is 11.7. The zero-order valence-corrected chi connectivity index (χ0v) is 15.9. The van der Waals surface area contributed by atoms with Crippen molar-refractivity contribution in [1.82, 2.24) is 5.32 Å². The summed E-state index contributed by atoms with van der Waals surface area (Å²) in [7, 11) is -0.545. The van der Waals surface area contributed by atoms with Gasteiger partial charge in [0.25, 0.3) is 0 Å². The van der Waals surface area contributed by atoms with E-state index in [1.165, 1.54) is 6.92 Å². The Bertz CT molecular complexity index is 675. The average Bonchev–Trinajstić information content (AvgIpc) is 2.68. The van der Waals surface area contributed by atoms with Gasteiger partial charge in [0, 0.05) is 13.5 Å². The normalized spacial score (nSPS) is 19.1. The van der Waals surface area contributed by atoms with E-state index >= 15 is 0 Å². The van der Waals surface area contributed by atoms with Gasteiger partial charge >= 0.3 is 7.12 Å². The maximum absolute atomic E-state index is 11.4. The Morgan fingerprint density at radius 1 is 1.20 bits per heavy atom. The first kappa shape index (κ1) is 19.3. The molecule has 1 saturated heterocycles. The molecule has 5 N–H and O–H groups in total. The first-order chi connectivity index (χ1) is 11.4. The number of nitrogens with two attached hydrogens (primary N) is 2. The molecule has 1 amide bonds. The van der Waals surface area contributed by atoms with Crippen LogP contribution < -0.4 is 16.8 Å². The molecule has 1 fully saturated rings. The van der Waals surface area contributed by atoms with Crippen molar-refractivity contribution < 1.29 is 14.1 Å². The minimum absolute atomic E-state index is 0.115. The van der Waals surface area contributed by atoms with Crippen LogP contribution in [0.25, 0.3) is 6.08 Å². The van der Waals surface area contributed by atoms with Crippen molar-refractivity contribution in [3.63, 3.8) is 0 Å². The monoisotopic (exact) mass is 345 g/mol. The van der Waals surface area contributed by atoms with Gasteiger partial charge in [-0.15, -0.1) is 0 Å². The summed E-state index contributed by atoms with van der Waals surface area (Å²) >= 11 is 0. The predicted molar refractivity (Wildman–Crippen MR) is 103 cm³/mol. The van der Waals surface area contributed by atoms with E-state index in [1.54, 1.807) is 6.07 Å². The summed E-state index contributed by atoms with van der Waals surface area (Å²) < 4.78 is 12.2. The number of nitrogens with one attached hydrogen (secondary N) is 1. The van der Waals surface area contributed by atoms with Crippen molar-refractivity contribution in [2.45, 2.75) is 52.7 Å². The summed E-state index contributed by atoms with van der Waals surface area (Å²) in [5.41, 5.74) is 14.7. The highest BCUT2D eigenvalue weighted by Gasteiger charge is 2.52. The number of aryl methyl sites for hydroxylation is 1. The molecule has 1 aliphatic heterocycles. The molecule has 6 nitrogen and oxygen atoms in total. The summed E-state index contributed by atoms with van der Waals surface area (Å²) in [5, 5.41) is 2.81. The number of anilines is 2. The van der Waals surface area contributed by atoms with Crippen molar-refractivity contribution >= 4 is 30.5 Å². The third-order valence-corrected chi connectivity index (χ3v) is 4.89. The van der Waals surface area contributed by atoms with Gasteiger partial charge in [-0.25, -0.2) is 0 Å². The van der Waals surface area contributed by atoms with Crippen LogP contribution in [-0.2, 0) is 14.1 Å². The molecule has 0 atom stereocenters. The minimum atomic E-state index is -0.545. The molecule has 0 bridgehead atoms. The Balaban J connectivity index is 2.38. The molecule has 0 saturated carbocycles. The molecule has 1 aliphatic rings.